The number of esters is 1. The Balaban J connectivity index is 1.51. The summed E-state index contributed by atoms with van der Waals surface area (Å²) in [6.07, 6.45) is 2.77. The van der Waals surface area contributed by atoms with Gasteiger partial charge in [0.1, 0.15) is 6.07 Å². The fourth-order valence-electron chi connectivity index (χ4n) is 2.24. The number of ether oxygens (including phenoxy) is 3. The maximum absolute atomic E-state index is 11.8. The molecule has 0 saturated carbocycles. The number of benzene rings is 2. The predicted octanol–water partition coefficient (Wildman–Crippen LogP) is 2.48. The Bertz CT molecular complexity index is 914. The van der Waals surface area contributed by atoms with Crippen LogP contribution in [0.3, 0.4) is 0 Å². The summed E-state index contributed by atoms with van der Waals surface area (Å²) in [5.41, 5.74) is 1.43. The van der Waals surface area contributed by atoms with Crippen LogP contribution < -0.4 is 14.8 Å². The molecule has 1 heterocycles. The fraction of sp³-hybridized carbons (Fsp3) is 0.105. The van der Waals surface area contributed by atoms with Crippen LogP contribution in [-0.2, 0) is 14.3 Å². The molecule has 0 fully saturated rings. The molecular formula is C19H14N2O5. The Labute approximate surface area is 149 Å². The fourth-order valence-corrected chi connectivity index (χ4v) is 2.24. The van der Waals surface area contributed by atoms with Crippen molar-refractivity contribution in [3.8, 4) is 17.6 Å². The largest absolute Gasteiger partial charge is 0.454 e. The Morgan fingerprint density at radius 2 is 2.00 bits per heavy atom. The molecule has 0 radical (unpaired) electrons. The van der Waals surface area contributed by atoms with Crippen LogP contribution in [0, 0.1) is 11.3 Å². The predicted molar refractivity (Wildman–Crippen MR) is 92.3 cm³/mol. The van der Waals surface area contributed by atoms with Gasteiger partial charge in [0.15, 0.2) is 18.1 Å². The van der Waals surface area contributed by atoms with Gasteiger partial charge in [-0.3, -0.25) is 4.79 Å². The van der Waals surface area contributed by atoms with Crippen LogP contribution in [0.15, 0.2) is 48.5 Å². The first-order chi connectivity index (χ1) is 12.7. The van der Waals surface area contributed by atoms with Crippen LogP contribution in [-0.4, -0.2) is 25.3 Å². The number of carbonyl (C=O) groups is 2. The lowest BCUT2D eigenvalue weighted by Crippen LogP contribution is -2.20. The highest BCUT2D eigenvalue weighted by molar-refractivity contribution is 5.95. The molecule has 0 saturated heterocycles. The van der Waals surface area contributed by atoms with E-state index in [0.717, 1.165) is 5.56 Å². The van der Waals surface area contributed by atoms with Crippen molar-refractivity contribution in [2.45, 2.75) is 0 Å². The van der Waals surface area contributed by atoms with E-state index in [0.29, 0.717) is 22.7 Å². The third kappa shape index (κ3) is 4.19. The Hall–Kier alpha value is -3.79. The number of carbonyl (C=O) groups excluding carboxylic acids is 2. The average molecular weight is 350 g/mol. The lowest BCUT2D eigenvalue weighted by molar-refractivity contribution is -0.142. The second kappa shape index (κ2) is 7.85. The molecule has 0 unspecified atom stereocenters. The molecule has 130 valence electrons. The lowest BCUT2D eigenvalue weighted by Gasteiger charge is -2.06. The first-order valence-corrected chi connectivity index (χ1v) is 7.69. The Morgan fingerprint density at radius 1 is 1.19 bits per heavy atom. The number of para-hydroxylation sites is 1. The number of rotatable bonds is 5. The molecule has 1 aliphatic rings. The van der Waals surface area contributed by atoms with Crippen molar-refractivity contribution >= 4 is 23.6 Å². The number of hydrogen-bond donors (Lipinski definition) is 1. The highest BCUT2D eigenvalue weighted by Gasteiger charge is 2.12. The molecule has 0 aliphatic carbocycles. The number of nitrogens with one attached hydrogen (secondary N) is 1. The number of anilines is 1. The van der Waals surface area contributed by atoms with Gasteiger partial charge in [0.05, 0.1) is 11.3 Å². The van der Waals surface area contributed by atoms with Gasteiger partial charge in [0.2, 0.25) is 6.79 Å². The number of nitrogens with zero attached hydrogens (tertiary/aromatic N) is 1. The van der Waals surface area contributed by atoms with E-state index in [9.17, 15) is 9.59 Å². The van der Waals surface area contributed by atoms with Crippen LogP contribution in [0.25, 0.3) is 6.08 Å². The van der Waals surface area contributed by atoms with Crippen LogP contribution in [0.4, 0.5) is 5.69 Å². The normalized spacial score (nSPS) is 11.8. The summed E-state index contributed by atoms with van der Waals surface area (Å²) in [5, 5.41) is 11.5. The maximum Gasteiger partial charge on any atom is 0.331 e. The summed E-state index contributed by atoms with van der Waals surface area (Å²) in [4.78, 5) is 23.6. The summed E-state index contributed by atoms with van der Waals surface area (Å²) >= 11 is 0. The zero-order valence-electron chi connectivity index (χ0n) is 13.6. The van der Waals surface area contributed by atoms with Gasteiger partial charge in [-0.05, 0) is 35.9 Å². The van der Waals surface area contributed by atoms with Crippen molar-refractivity contribution in [2.24, 2.45) is 0 Å². The van der Waals surface area contributed by atoms with Gasteiger partial charge in [-0.25, -0.2) is 4.79 Å². The van der Waals surface area contributed by atoms with Crippen molar-refractivity contribution in [2.75, 3.05) is 18.7 Å². The second-order valence-corrected chi connectivity index (χ2v) is 5.26. The summed E-state index contributed by atoms with van der Waals surface area (Å²) in [5.74, 6) is 0.0685. The SMILES string of the molecule is N#Cc1ccccc1NC(=O)COC(=O)/C=C/c1ccc2c(c1)OCO2. The molecule has 7 heteroatoms. The minimum atomic E-state index is -0.661. The van der Waals surface area contributed by atoms with E-state index in [2.05, 4.69) is 5.32 Å². The van der Waals surface area contributed by atoms with E-state index >= 15 is 0 Å². The number of amides is 1. The molecule has 7 nitrogen and oxygen atoms in total. The third-order valence-corrected chi connectivity index (χ3v) is 3.48. The van der Waals surface area contributed by atoms with E-state index in [1.165, 1.54) is 6.08 Å². The topological polar surface area (TPSA) is 97.7 Å². The zero-order chi connectivity index (χ0) is 18.4. The Morgan fingerprint density at radius 3 is 2.85 bits per heavy atom. The molecule has 2 aromatic rings. The molecule has 0 atom stereocenters. The summed E-state index contributed by atoms with van der Waals surface area (Å²) in [6.45, 7) is -0.279. The third-order valence-electron chi connectivity index (χ3n) is 3.48. The number of nitriles is 1. The maximum atomic E-state index is 11.8. The first-order valence-electron chi connectivity index (χ1n) is 7.69. The van der Waals surface area contributed by atoms with Crippen molar-refractivity contribution in [1.29, 1.82) is 5.26 Å². The highest BCUT2D eigenvalue weighted by Crippen LogP contribution is 2.32. The minimum Gasteiger partial charge on any atom is -0.454 e. The average Bonchev–Trinajstić information content (AvgIpc) is 3.13. The molecule has 1 aliphatic heterocycles. The standard InChI is InChI=1S/C19H14N2O5/c20-10-14-3-1-2-4-15(14)21-18(22)11-24-19(23)8-6-13-5-7-16-17(9-13)26-12-25-16/h1-9H,11-12H2,(H,21,22)/b8-6+. The summed E-state index contributed by atoms with van der Waals surface area (Å²) < 4.78 is 15.3. The van der Waals surface area contributed by atoms with Crippen LogP contribution in [0.1, 0.15) is 11.1 Å². The monoisotopic (exact) mass is 350 g/mol. The smallest absolute Gasteiger partial charge is 0.331 e. The first kappa shape index (κ1) is 17.0. The molecule has 0 bridgehead atoms. The van der Waals surface area contributed by atoms with Gasteiger partial charge in [-0.15, -0.1) is 0 Å². The van der Waals surface area contributed by atoms with Crippen molar-refractivity contribution in [3.05, 3.63) is 59.7 Å². The van der Waals surface area contributed by atoms with E-state index < -0.39 is 18.5 Å². The van der Waals surface area contributed by atoms with E-state index in [4.69, 9.17) is 19.5 Å². The minimum absolute atomic E-state index is 0.175. The quantitative estimate of drug-likeness (QED) is 0.657. The van der Waals surface area contributed by atoms with Crippen LogP contribution in [0.5, 0.6) is 11.5 Å². The molecular weight excluding hydrogens is 336 g/mol. The molecule has 26 heavy (non-hydrogen) atoms. The molecule has 3 rings (SSSR count). The summed E-state index contributed by atoms with van der Waals surface area (Å²) in [7, 11) is 0. The van der Waals surface area contributed by atoms with E-state index in [1.807, 2.05) is 6.07 Å². The van der Waals surface area contributed by atoms with Crippen molar-refractivity contribution < 1.29 is 23.8 Å². The van der Waals surface area contributed by atoms with Crippen molar-refractivity contribution in [1.82, 2.24) is 0 Å². The molecule has 0 spiro atoms. The van der Waals surface area contributed by atoms with E-state index in [-0.39, 0.29) is 6.79 Å². The van der Waals surface area contributed by atoms with Gasteiger partial charge < -0.3 is 19.5 Å². The van der Waals surface area contributed by atoms with Gasteiger partial charge >= 0.3 is 5.97 Å². The molecule has 1 amide bonds. The van der Waals surface area contributed by atoms with Gasteiger partial charge in [-0.2, -0.15) is 5.26 Å². The number of fused-ring (bicyclic) bond motifs is 1. The molecule has 2 aromatic carbocycles. The second-order valence-electron chi connectivity index (χ2n) is 5.26. The number of hydrogen-bond acceptors (Lipinski definition) is 6. The van der Waals surface area contributed by atoms with Crippen LogP contribution >= 0.6 is 0 Å². The highest BCUT2D eigenvalue weighted by atomic mass is 16.7. The lowest BCUT2D eigenvalue weighted by atomic mass is 10.2. The van der Waals surface area contributed by atoms with E-state index in [1.54, 1.807) is 48.5 Å². The van der Waals surface area contributed by atoms with Crippen molar-refractivity contribution in [3.63, 3.8) is 0 Å². The zero-order valence-corrected chi connectivity index (χ0v) is 13.6. The summed E-state index contributed by atoms with van der Waals surface area (Å²) in [6, 6.07) is 13.8. The van der Waals surface area contributed by atoms with Gasteiger partial charge in [-0.1, -0.05) is 18.2 Å². The molecule has 1 N–H and O–H groups in total. The van der Waals surface area contributed by atoms with Crippen LogP contribution in [0.2, 0.25) is 0 Å². The van der Waals surface area contributed by atoms with Gasteiger partial charge in [0, 0.05) is 6.08 Å². The van der Waals surface area contributed by atoms with Gasteiger partial charge in [0.25, 0.3) is 5.91 Å². The molecule has 0 aromatic heterocycles. The Kier molecular flexibility index (Phi) is 5.15.